The second-order valence-corrected chi connectivity index (χ2v) is 5.30. The normalized spacial score (nSPS) is 19.6. The lowest BCUT2D eigenvalue weighted by Crippen LogP contribution is -2.36. The molecule has 5 heteroatoms. The van der Waals surface area contributed by atoms with E-state index in [2.05, 4.69) is 29.2 Å². The van der Waals surface area contributed by atoms with Gasteiger partial charge in [0.1, 0.15) is 17.5 Å². The van der Waals surface area contributed by atoms with Gasteiger partial charge in [0.25, 0.3) is 0 Å². The molecule has 1 aromatic rings. The lowest BCUT2D eigenvalue weighted by atomic mass is 9.95. The van der Waals surface area contributed by atoms with Crippen molar-refractivity contribution in [3.8, 4) is 0 Å². The highest BCUT2D eigenvalue weighted by atomic mass is 15.3. The third-order valence-corrected chi connectivity index (χ3v) is 4.02. The predicted molar refractivity (Wildman–Crippen MR) is 79.2 cm³/mol. The molecule has 1 aromatic heterocycles. The second-order valence-electron chi connectivity index (χ2n) is 5.30. The minimum Gasteiger partial charge on any atom is -0.356 e. The number of nitrogens with zero attached hydrogens (tertiary/aromatic N) is 3. The van der Waals surface area contributed by atoms with Crippen LogP contribution >= 0.6 is 0 Å². The molecule has 1 fully saturated rings. The number of piperidine rings is 1. The number of aryl methyl sites for hydroxylation is 1. The molecule has 1 saturated heterocycles. The van der Waals surface area contributed by atoms with Crippen molar-refractivity contribution in [1.82, 2.24) is 9.97 Å². The molecular formula is C14H25N5. The lowest BCUT2D eigenvalue weighted by molar-refractivity contribution is 0.402. The van der Waals surface area contributed by atoms with Crippen LogP contribution in [0.25, 0.3) is 0 Å². The van der Waals surface area contributed by atoms with Crippen molar-refractivity contribution in [2.75, 3.05) is 23.4 Å². The summed E-state index contributed by atoms with van der Waals surface area (Å²) in [6, 6.07) is 0. The lowest BCUT2D eigenvalue weighted by Gasteiger charge is -2.34. The Bertz CT molecular complexity index is 432. The summed E-state index contributed by atoms with van der Waals surface area (Å²) in [6.45, 7) is 8.56. The maximum Gasteiger partial charge on any atom is 0.148 e. The summed E-state index contributed by atoms with van der Waals surface area (Å²) in [5.41, 5.74) is 3.75. The summed E-state index contributed by atoms with van der Waals surface area (Å²) in [5.74, 6) is 9.01. The molecule has 0 amide bonds. The van der Waals surface area contributed by atoms with E-state index in [0.29, 0.717) is 0 Å². The molecule has 1 aliphatic heterocycles. The molecule has 0 aliphatic carbocycles. The number of hydrazine groups is 1. The van der Waals surface area contributed by atoms with E-state index >= 15 is 0 Å². The zero-order valence-corrected chi connectivity index (χ0v) is 12.2. The van der Waals surface area contributed by atoms with Gasteiger partial charge in [-0.3, -0.25) is 0 Å². The Hall–Kier alpha value is -1.36. The Morgan fingerprint density at radius 1 is 1.37 bits per heavy atom. The van der Waals surface area contributed by atoms with Crippen LogP contribution in [-0.2, 0) is 6.42 Å². The molecule has 2 rings (SSSR count). The molecule has 1 aliphatic rings. The Morgan fingerprint density at radius 3 is 2.79 bits per heavy atom. The Labute approximate surface area is 115 Å². The van der Waals surface area contributed by atoms with Crippen LogP contribution in [0.2, 0.25) is 0 Å². The van der Waals surface area contributed by atoms with Crippen molar-refractivity contribution in [2.45, 2.75) is 46.5 Å². The average molecular weight is 263 g/mol. The highest BCUT2D eigenvalue weighted by Gasteiger charge is 2.22. The highest BCUT2D eigenvalue weighted by molar-refractivity contribution is 5.58. The van der Waals surface area contributed by atoms with Crippen LogP contribution in [0.5, 0.6) is 0 Å². The number of aromatic nitrogens is 2. The summed E-state index contributed by atoms with van der Waals surface area (Å²) in [7, 11) is 0. The Kier molecular flexibility index (Phi) is 4.58. The van der Waals surface area contributed by atoms with E-state index in [9.17, 15) is 0 Å². The van der Waals surface area contributed by atoms with E-state index in [1.165, 1.54) is 19.3 Å². The van der Waals surface area contributed by atoms with E-state index in [1.807, 2.05) is 6.92 Å². The van der Waals surface area contributed by atoms with E-state index in [-0.39, 0.29) is 0 Å². The quantitative estimate of drug-likeness (QED) is 0.644. The monoisotopic (exact) mass is 263 g/mol. The second kappa shape index (κ2) is 6.19. The number of anilines is 2. The van der Waals surface area contributed by atoms with E-state index in [1.54, 1.807) is 0 Å². The first-order chi connectivity index (χ1) is 9.19. The predicted octanol–water partition coefficient (Wildman–Crippen LogP) is 2.26. The first-order valence-electron chi connectivity index (χ1n) is 7.28. The van der Waals surface area contributed by atoms with Gasteiger partial charge in [0.2, 0.25) is 0 Å². The van der Waals surface area contributed by atoms with Crippen LogP contribution in [-0.4, -0.2) is 23.1 Å². The number of hydrogen-bond donors (Lipinski definition) is 2. The maximum absolute atomic E-state index is 5.57. The van der Waals surface area contributed by atoms with Gasteiger partial charge >= 0.3 is 0 Å². The van der Waals surface area contributed by atoms with Crippen molar-refractivity contribution in [2.24, 2.45) is 11.8 Å². The van der Waals surface area contributed by atoms with Crippen LogP contribution in [0, 0.1) is 12.8 Å². The molecular weight excluding hydrogens is 238 g/mol. The standard InChI is InChI=1S/C14H25N5/c1-4-11-7-6-8-19(9-11)14-10(3)13(18-15)16-12(5-2)17-14/h11H,4-9,15H2,1-3H3,(H,16,17,18). The van der Waals surface area contributed by atoms with Crippen LogP contribution in [0.3, 0.4) is 0 Å². The smallest absolute Gasteiger partial charge is 0.148 e. The molecule has 0 saturated carbocycles. The van der Waals surface area contributed by atoms with Crippen molar-refractivity contribution >= 4 is 11.6 Å². The third-order valence-electron chi connectivity index (χ3n) is 4.02. The van der Waals surface area contributed by atoms with Gasteiger partial charge in [-0.2, -0.15) is 0 Å². The molecule has 5 nitrogen and oxygen atoms in total. The molecule has 106 valence electrons. The van der Waals surface area contributed by atoms with Gasteiger partial charge in [-0.1, -0.05) is 20.3 Å². The van der Waals surface area contributed by atoms with Gasteiger partial charge < -0.3 is 10.3 Å². The first kappa shape index (κ1) is 14.1. The first-order valence-corrected chi connectivity index (χ1v) is 7.28. The van der Waals surface area contributed by atoms with Gasteiger partial charge in [0.15, 0.2) is 0 Å². The molecule has 19 heavy (non-hydrogen) atoms. The number of nitrogens with two attached hydrogens (primary N) is 1. The van der Waals surface area contributed by atoms with Gasteiger partial charge in [0, 0.05) is 25.1 Å². The number of rotatable bonds is 4. The average Bonchev–Trinajstić information content (AvgIpc) is 2.47. The molecule has 0 radical (unpaired) electrons. The molecule has 1 atom stereocenters. The van der Waals surface area contributed by atoms with Gasteiger partial charge in [0.05, 0.1) is 0 Å². The number of nitrogen functional groups attached to an aromatic ring is 1. The minimum absolute atomic E-state index is 0.750. The molecule has 0 spiro atoms. The van der Waals surface area contributed by atoms with Crippen molar-refractivity contribution in [3.63, 3.8) is 0 Å². The summed E-state index contributed by atoms with van der Waals surface area (Å²) >= 11 is 0. The topological polar surface area (TPSA) is 67.1 Å². The van der Waals surface area contributed by atoms with E-state index in [0.717, 1.165) is 48.5 Å². The fraction of sp³-hybridized carbons (Fsp3) is 0.714. The summed E-state index contributed by atoms with van der Waals surface area (Å²) < 4.78 is 0. The maximum atomic E-state index is 5.57. The van der Waals surface area contributed by atoms with Crippen LogP contribution in [0.15, 0.2) is 0 Å². The van der Waals surface area contributed by atoms with Gasteiger partial charge in [-0.15, -0.1) is 0 Å². The number of hydrogen-bond acceptors (Lipinski definition) is 5. The fourth-order valence-electron chi connectivity index (χ4n) is 2.75. The molecule has 0 bridgehead atoms. The van der Waals surface area contributed by atoms with E-state index in [4.69, 9.17) is 10.8 Å². The van der Waals surface area contributed by atoms with Crippen LogP contribution < -0.4 is 16.2 Å². The van der Waals surface area contributed by atoms with Gasteiger partial charge in [-0.25, -0.2) is 15.8 Å². The van der Waals surface area contributed by atoms with Crippen LogP contribution in [0.4, 0.5) is 11.6 Å². The molecule has 0 aromatic carbocycles. The molecule has 1 unspecified atom stereocenters. The summed E-state index contributed by atoms with van der Waals surface area (Å²) in [5, 5.41) is 0. The summed E-state index contributed by atoms with van der Waals surface area (Å²) in [6.07, 6.45) is 4.64. The SMILES string of the molecule is CCc1nc(NN)c(C)c(N2CCCC(CC)C2)n1. The van der Waals surface area contributed by atoms with Gasteiger partial charge in [-0.05, 0) is 25.7 Å². The molecule has 2 heterocycles. The number of nitrogens with one attached hydrogen (secondary N) is 1. The third kappa shape index (κ3) is 2.97. The molecule has 3 N–H and O–H groups in total. The highest BCUT2D eigenvalue weighted by Crippen LogP contribution is 2.28. The van der Waals surface area contributed by atoms with Crippen molar-refractivity contribution in [3.05, 3.63) is 11.4 Å². The summed E-state index contributed by atoms with van der Waals surface area (Å²) in [4.78, 5) is 11.5. The largest absolute Gasteiger partial charge is 0.356 e. The Balaban J connectivity index is 2.32. The van der Waals surface area contributed by atoms with Crippen molar-refractivity contribution < 1.29 is 0 Å². The zero-order chi connectivity index (χ0) is 13.8. The van der Waals surface area contributed by atoms with Crippen LogP contribution in [0.1, 0.15) is 44.5 Å². The minimum atomic E-state index is 0.750. The van der Waals surface area contributed by atoms with E-state index < -0.39 is 0 Å². The fourth-order valence-corrected chi connectivity index (χ4v) is 2.75. The Morgan fingerprint density at radius 2 is 2.16 bits per heavy atom. The zero-order valence-electron chi connectivity index (χ0n) is 12.2. The van der Waals surface area contributed by atoms with Crippen molar-refractivity contribution in [1.29, 1.82) is 0 Å².